The highest BCUT2D eigenvalue weighted by Crippen LogP contribution is 2.59. The Kier molecular flexibility index (Phi) is 3.40. The first kappa shape index (κ1) is 13.1. The quantitative estimate of drug-likeness (QED) is 0.901. The molecule has 0 aromatic heterocycles. The maximum Gasteiger partial charge on any atom is 0.0471 e. The van der Waals surface area contributed by atoms with Crippen molar-refractivity contribution in [2.75, 3.05) is 26.8 Å². The van der Waals surface area contributed by atoms with Gasteiger partial charge in [0, 0.05) is 25.2 Å². The van der Waals surface area contributed by atoms with Gasteiger partial charge in [0.15, 0.2) is 0 Å². The molecule has 0 radical (unpaired) electrons. The van der Waals surface area contributed by atoms with Crippen LogP contribution in [0.1, 0.15) is 36.8 Å². The molecular formula is C17H25NO. The van der Waals surface area contributed by atoms with Gasteiger partial charge in [0.25, 0.3) is 0 Å². The summed E-state index contributed by atoms with van der Waals surface area (Å²) >= 11 is 0. The second-order valence-corrected chi connectivity index (χ2v) is 6.64. The molecule has 2 heteroatoms. The largest absolute Gasteiger partial charge is 0.381 e. The van der Waals surface area contributed by atoms with Crippen molar-refractivity contribution in [1.29, 1.82) is 0 Å². The Labute approximate surface area is 116 Å². The van der Waals surface area contributed by atoms with Crippen LogP contribution in [0.5, 0.6) is 0 Å². The van der Waals surface area contributed by atoms with Crippen LogP contribution in [-0.2, 0) is 10.2 Å². The minimum atomic E-state index is 0.361. The second-order valence-electron chi connectivity index (χ2n) is 6.64. The number of nitrogens with one attached hydrogen (secondary N) is 1. The lowest BCUT2D eigenvalue weighted by Crippen LogP contribution is -2.56. The summed E-state index contributed by atoms with van der Waals surface area (Å²) in [5.74, 6) is 0. The Morgan fingerprint density at radius 3 is 2.32 bits per heavy atom. The zero-order valence-electron chi connectivity index (χ0n) is 12.2. The Hall–Kier alpha value is -0.860. The van der Waals surface area contributed by atoms with Crippen molar-refractivity contribution < 1.29 is 4.74 Å². The predicted molar refractivity (Wildman–Crippen MR) is 78.5 cm³/mol. The first-order chi connectivity index (χ1) is 9.18. The van der Waals surface area contributed by atoms with Crippen molar-refractivity contribution >= 4 is 0 Å². The van der Waals surface area contributed by atoms with E-state index in [1.165, 1.54) is 36.8 Å². The van der Waals surface area contributed by atoms with Crippen molar-refractivity contribution in [3.05, 3.63) is 35.4 Å². The van der Waals surface area contributed by atoms with Crippen LogP contribution in [0.15, 0.2) is 24.3 Å². The number of hydrogen-bond acceptors (Lipinski definition) is 2. The maximum atomic E-state index is 5.53. The molecule has 0 amide bonds. The van der Waals surface area contributed by atoms with Crippen molar-refractivity contribution in [2.45, 2.75) is 38.0 Å². The average molecular weight is 259 g/mol. The third-order valence-corrected chi connectivity index (χ3v) is 5.16. The summed E-state index contributed by atoms with van der Waals surface area (Å²) in [5.41, 5.74) is 3.80. The molecule has 0 atom stereocenters. The molecule has 104 valence electrons. The number of aryl methyl sites for hydroxylation is 1. The van der Waals surface area contributed by atoms with Crippen molar-refractivity contribution in [3.63, 3.8) is 0 Å². The van der Waals surface area contributed by atoms with Gasteiger partial charge in [-0.05, 0) is 50.6 Å². The van der Waals surface area contributed by atoms with E-state index in [1.54, 1.807) is 0 Å². The molecule has 1 N–H and O–H groups in total. The van der Waals surface area contributed by atoms with Gasteiger partial charge in [0.2, 0.25) is 0 Å². The van der Waals surface area contributed by atoms with Crippen LogP contribution in [0.4, 0.5) is 0 Å². The van der Waals surface area contributed by atoms with Gasteiger partial charge in [-0.3, -0.25) is 0 Å². The van der Waals surface area contributed by atoms with Crippen LogP contribution in [0.3, 0.4) is 0 Å². The number of hydrogen-bond donors (Lipinski definition) is 1. The van der Waals surface area contributed by atoms with Gasteiger partial charge >= 0.3 is 0 Å². The monoisotopic (exact) mass is 259 g/mol. The fourth-order valence-corrected chi connectivity index (χ4v) is 4.22. The molecule has 1 aliphatic carbocycles. The molecule has 1 aromatic carbocycles. The van der Waals surface area contributed by atoms with E-state index in [2.05, 4.69) is 43.6 Å². The van der Waals surface area contributed by atoms with Crippen LogP contribution >= 0.6 is 0 Å². The molecule has 1 saturated heterocycles. The van der Waals surface area contributed by atoms with Gasteiger partial charge < -0.3 is 10.1 Å². The minimum Gasteiger partial charge on any atom is -0.381 e. The van der Waals surface area contributed by atoms with Gasteiger partial charge in [-0.15, -0.1) is 0 Å². The molecular weight excluding hydrogens is 234 g/mol. The molecule has 2 nitrogen and oxygen atoms in total. The highest BCUT2D eigenvalue weighted by molar-refractivity contribution is 5.33. The van der Waals surface area contributed by atoms with Crippen LogP contribution in [-0.4, -0.2) is 26.8 Å². The summed E-state index contributed by atoms with van der Waals surface area (Å²) < 4.78 is 5.53. The van der Waals surface area contributed by atoms with E-state index in [0.29, 0.717) is 10.8 Å². The predicted octanol–water partition coefficient (Wildman–Crippen LogP) is 3.04. The molecule has 1 aliphatic heterocycles. The Morgan fingerprint density at radius 2 is 1.74 bits per heavy atom. The number of likely N-dealkylation sites (N-methyl/N-ethyl adjacent to an activating group) is 1. The molecule has 1 aromatic rings. The molecule has 1 spiro atoms. The zero-order chi connectivity index (χ0) is 13.3. The lowest BCUT2D eigenvalue weighted by Gasteiger charge is -2.58. The lowest BCUT2D eigenvalue weighted by molar-refractivity contribution is -0.0732. The summed E-state index contributed by atoms with van der Waals surface area (Å²) in [6, 6.07) is 9.17. The summed E-state index contributed by atoms with van der Waals surface area (Å²) in [5, 5.41) is 3.41. The molecule has 1 saturated carbocycles. The van der Waals surface area contributed by atoms with E-state index in [4.69, 9.17) is 4.74 Å². The first-order valence-electron chi connectivity index (χ1n) is 7.48. The van der Waals surface area contributed by atoms with Crippen molar-refractivity contribution in [1.82, 2.24) is 5.32 Å². The highest BCUT2D eigenvalue weighted by Gasteiger charge is 2.54. The fraction of sp³-hybridized carbons (Fsp3) is 0.647. The Balaban J connectivity index is 1.80. The van der Waals surface area contributed by atoms with Gasteiger partial charge in [0.1, 0.15) is 0 Å². The van der Waals surface area contributed by atoms with Gasteiger partial charge in [-0.25, -0.2) is 0 Å². The van der Waals surface area contributed by atoms with E-state index >= 15 is 0 Å². The molecule has 19 heavy (non-hydrogen) atoms. The van der Waals surface area contributed by atoms with Crippen molar-refractivity contribution in [2.24, 2.45) is 5.41 Å². The summed E-state index contributed by atoms with van der Waals surface area (Å²) in [7, 11) is 2.07. The van der Waals surface area contributed by atoms with Crippen LogP contribution in [0.25, 0.3) is 0 Å². The number of rotatable bonds is 3. The highest BCUT2D eigenvalue weighted by atomic mass is 16.5. The molecule has 0 unspecified atom stereocenters. The van der Waals surface area contributed by atoms with Crippen LogP contribution < -0.4 is 5.32 Å². The minimum absolute atomic E-state index is 0.361. The van der Waals surface area contributed by atoms with E-state index in [1.807, 2.05) is 0 Å². The SMILES string of the molecule is CNCC1(c2ccc(C)cc2)CC2(CCOCC2)C1. The standard InChI is InChI=1S/C17H25NO/c1-14-3-5-15(6-4-14)17(13-18-2)11-16(12-17)7-9-19-10-8-16/h3-6,18H,7-13H2,1-2H3. The topological polar surface area (TPSA) is 21.3 Å². The van der Waals surface area contributed by atoms with Gasteiger partial charge in [-0.1, -0.05) is 29.8 Å². The summed E-state index contributed by atoms with van der Waals surface area (Å²) in [6.07, 6.45) is 5.16. The lowest BCUT2D eigenvalue weighted by atomic mass is 9.48. The smallest absolute Gasteiger partial charge is 0.0471 e. The van der Waals surface area contributed by atoms with E-state index in [9.17, 15) is 0 Å². The molecule has 3 rings (SSSR count). The molecule has 1 heterocycles. The zero-order valence-corrected chi connectivity index (χ0v) is 12.2. The Morgan fingerprint density at radius 1 is 1.11 bits per heavy atom. The summed E-state index contributed by atoms with van der Waals surface area (Å²) in [4.78, 5) is 0. The van der Waals surface area contributed by atoms with E-state index in [-0.39, 0.29) is 0 Å². The fourth-order valence-electron chi connectivity index (χ4n) is 4.22. The molecule has 0 bridgehead atoms. The Bertz CT molecular complexity index is 423. The van der Waals surface area contributed by atoms with E-state index in [0.717, 1.165) is 19.8 Å². The van der Waals surface area contributed by atoms with Gasteiger partial charge in [-0.2, -0.15) is 0 Å². The average Bonchev–Trinajstić information content (AvgIpc) is 2.39. The second kappa shape index (κ2) is 4.92. The maximum absolute atomic E-state index is 5.53. The normalized spacial score (nSPS) is 24.1. The third-order valence-electron chi connectivity index (χ3n) is 5.16. The molecule has 2 aliphatic rings. The number of benzene rings is 1. The first-order valence-corrected chi connectivity index (χ1v) is 7.48. The summed E-state index contributed by atoms with van der Waals surface area (Å²) in [6.45, 7) is 5.18. The third kappa shape index (κ3) is 2.32. The molecule has 2 fully saturated rings. The van der Waals surface area contributed by atoms with Crippen LogP contribution in [0, 0.1) is 12.3 Å². The van der Waals surface area contributed by atoms with E-state index < -0.39 is 0 Å². The van der Waals surface area contributed by atoms with Gasteiger partial charge in [0.05, 0.1) is 0 Å². The van der Waals surface area contributed by atoms with Crippen molar-refractivity contribution in [3.8, 4) is 0 Å². The van der Waals surface area contributed by atoms with Crippen LogP contribution in [0.2, 0.25) is 0 Å². The number of ether oxygens (including phenoxy) is 1.